The van der Waals surface area contributed by atoms with E-state index in [1.54, 1.807) is 24.7 Å². The number of aryl methyl sites for hydroxylation is 1. The summed E-state index contributed by atoms with van der Waals surface area (Å²) < 4.78 is 1.90. The molecule has 0 aliphatic heterocycles. The van der Waals surface area contributed by atoms with Gasteiger partial charge in [-0.2, -0.15) is 4.98 Å². The van der Waals surface area contributed by atoms with Gasteiger partial charge in [0.05, 0.1) is 22.0 Å². The SMILES string of the molecule is Cc1ccc2c(c1)ncn2-c1ccnc(NC(C)c2cccc([N+](=O)[O-])c2)n1. The van der Waals surface area contributed by atoms with Gasteiger partial charge in [-0.25, -0.2) is 9.97 Å². The molecule has 1 atom stereocenters. The Bertz CT molecular complexity index is 1170. The zero-order valence-electron chi connectivity index (χ0n) is 15.4. The summed E-state index contributed by atoms with van der Waals surface area (Å²) in [4.78, 5) is 23.9. The van der Waals surface area contributed by atoms with Gasteiger partial charge in [-0.05, 0) is 43.2 Å². The van der Waals surface area contributed by atoms with Gasteiger partial charge >= 0.3 is 0 Å². The molecule has 4 aromatic rings. The molecule has 4 rings (SSSR count). The summed E-state index contributed by atoms with van der Waals surface area (Å²) in [5.74, 6) is 1.13. The zero-order valence-corrected chi connectivity index (χ0v) is 15.4. The van der Waals surface area contributed by atoms with Crippen LogP contribution in [0.15, 0.2) is 61.1 Å². The quantitative estimate of drug-likeness (QED) is 0.415. The molecule has 8 nitrogen and oxygen atoms in total. The van der Waals surface area contributed by atoms with Gasteiger partial charge in [-0.3, -0.25) is 14.7 Å². The maximum absolute atomic E-state index is 11.0. The number of hydrogen-bond donors (Lipinski definition) is 1. The largest absolute Gasteiger partial charge is 0.348 e. The lowest BCUT2D eigenvalue weighted by atomic mass is 10.1. The molecular weight excluding hydrogens is 356 g/mol. The van der Waals surface area contributed by atoms with Crippen LogP contribution in [0.5, 0.6) is 0 Å². The molecule has 1 N–H and O–H groups in total. The molecule has 0 bridgehead atoms. The fraction of sp³-hybridized carbons (Fsp3) is 0.150. The number of benzene rings is 2. The molecule has 0 aliphatic carbocycles. The smallest absolute Gasteiger partial charge is 0.269 e. The van der Waals surface area contributed by atoms with Gasteiger partial charge < -0.3 is 5.32 Å². The number of nitrogens with one attached hydrogen (secondary N) is 1. The molecule has 140 valence electrons. The molecule has 2 aromatic heterocycles. The highest BCUT2D eigenvalue weighted by molar-refractivity contribution is 5.77. The van der Waals surface area contributed by atoms with Crippen molar-refractivity contribution >= 4 is 22.7 Å². The van der Waals surface area contributed by atoms with Crippen molar-refractivity contribution < 1.29 is 4.92 Å². The number of nitro groups is 1. The lowest BCUT2D eigenvalue weighted by molar-refractivity contribution is -0.384. The number of imidazole rings is 1. The lowest BCUT2D eigenvalue weighted by Crippen LogP contribution is -2.11. The van der Waals surface area contributed by atoms with E-state index in [1.807, 2.05) is 48.7 Å². The van der Waals surface area contributed by atoms with E-state index < -0.39 is 4.92 Å². The fourth-order valence-corrected chi connectivity index (χ4v) is 3.04. The van der Waals surface area contributed by atoms with E-state index in [2.05, 4.69) is 20.3 Å². The third kappa shape index (κ3) is 3.39. The summed E-state index contributed by atoms with van der Waals surface area (Å²) in [7, 11) is 0. The topological polar surface area (TPSA) is 98.8 Å². The van der Waals surface area contributed by atoms with Crippen molar-refractivity contribution in [2.75, 3.05) is 5.32 Å². The summed E-state index contributed by atoms with van der Waals surface area (Å²) in [6, 6.07) is 14.2. The van der Waals surface area contributed by atoms with Crippen molar-refractivity contribution in [1.29, 1.82) is 0 Å². The summed E-state index contributed by atoms with van der Waals surface area (Å²) in [5, 5.41) is 14.2. The standard InChI is InChI=1S/C20H18N6O2/c1-13-6-7-18-17(10-13)22-12-25(18)19-8-9-21-20(24-19)23-14(2)15-4-3-5-16(11-15)26(27)28/h3-12,14H,1-2H3,(H,21,23,24). The normalized spacial score (nSPS) is 12.1. The summed E-state index contributed by atoms with van der Waals surface area (Å²) in [5.41, 5.74) is 3.85. The molecular formula is C20H18N6O2. The second-order valence-electron chi connectivity index (χ2n) is 6.56. The van der Waals surface area contributed by atoms with Crippen LogP contribution in [0, 0.1) is 17.0 Å². The Morgan fingerprint density at radius 1 is 1.14 bits per heavy atom. The first kappa shape index (κ1) is 17.6. The van der Waals surface area contributed by atoms with Crippen LogP contribution >= 0.6 is 0 Å². The molecule has 8 heteroatoms. The minimum absolute atomic E-state index is 0.0565. The van der Waals surface area contributed by atoms with Crippen LogP contribution in [-0.2, 0) is 0 Å². The lowest BCUT2D eigenvalue weighted by Gasteiger charge is -2.14. The predicted molar refractivity (Wildman–Crippen MR) is 107 cm³/mol. The van der Waals surface area contributed by atoms with Crippen LogP contribution in [0.4, 0.5) is 11.6 Å². The van der Waals surface area contributed by atoms with E-state index in [4.69, 9.17) is 0 Å². The van der Waals surface area contributed by atoms with E-state index >= 15 is 0 Å². The van der Waals surface area contributed by atoms with Crippen molar-refractivity contribution in [3.63, 3.8) is 0 Å². The second-order valence-corrected chi connectivity index (χ2v) is 6.56. The average Bonchev–Trinajstić information content (AvgIpc) is 3.11. The molecule has 0 saturated heterocycles. The first-order valence-electron chi connectivity index (χ1n) is 8.79. The predicted octanol–water partition coefficient (Wildman–Crippen LogP) is 4.21. The first-order valence-corrected chi connectivity index (χ1v) is 8.79. The van der Waals surface area contributed by atoms with E-state index in [-0.39, 0.29) is 11.7 Å². The number of nitrogens with zero attached hydrogens (tertiary/aromatic N) is 5. The van der Waals surface area contributed by atoms with Gasteiger partial charge in [0.25, 0.3) is 5.69 Å². The molecule has 28 heavy (non-hydrogen) atoms. The minimum Gasteiger partial charge on any atom is -0.348 e. The van der Waals surface area contributed by atoms with E-state index in [9.17, 15) is 10.1 Å². The molecule has 2 aromatic carbocycles. The average molecular weight is 374 g/mol. The Hall–Kier alpha value is -3.81. The molecule has 0 radical (unpaired) electrons. The van der Waals surface area contributed by atoms with Crippen LogP contribution in [-0.4, -0.2) is 24.4 Å². The third-order valence-electron chi connectivity index (χ3n) is 4.52. The Morgan fingerprint density at radius 3 is 2.82 bits per heavy atom. The molecule has 2 heterocycles. The van der Waals surface area contributed by atoms with Crippen molar-refractivity contribution in [3.05, 3.63) is 82.3 Å². The number of rotatable bonds is 5. The first-order chi connectivity index (χ1) is 13.5. The number of anilines is 1. The van der Waals surface area contributed by atoms with Crippen molar-refractivity contribution in [3.8, 4) is 5.82 Å². The van der Waals surface area contributed by atoms with Crippen LogP contribution in [0.1, 0.15) is 24.1 Å². The Morgan fingerprint density at radius 2 is 2.00 bits per heavy atom. The minimum atomic E-state index is -0.404. The van der Waals surface area contributed by atoms with Crippen LogP contribution in [0.3, 0.4) is 0 Å². The zero-order chi connectivity index (χ0) is 19.7. The maximum atomic E-state index is 11.0. The highest BCUT2D eigenvalue weighted by Gasteiger charge is 2.13. The number of nitro benzene ring substituents is 1. The van der Waals surface area contributed by atoms with Crippen molar-refractivity contribution in [2.24, 2.45) is 0 Å². The maximum Gasteiger partial charge on any atom is 0.269 e. The Labute approximate surface area is 161 Å². The van der Waals surface area contributed by atoms with Crippen molar-refractivity contribution in [2.45, 2.75) is 19.9 Å². The fourth-order valence-electron chi connectivity index (χ4n) is 3.04. The van der Waals surface area contributed by atoms with Gasteiger partial charge in [0.2, 0.25) is 5.95 Å². The van der Waals surface area contributed by atoms with Crippen LogP contribution in [0.25, 0.3) is 16.9 Å². The Balaban J connectivity index is 1.62. The molecule has 0 spiro atoms. The summed E-state index contributed by atoms with van der Waals surface area (Å²) in [6.07, 6.45) is 3.41. The van der Waals surface area contributed by atoms with Gasteiger partial charge in [-0.1, -0.05) is 18.2 Å². The monoisotopic (exact) mass is 374 g/mol. The van der Waals surface area contributed by atoms with Gasteiger partial charge in [0.15, 0.2) is 0 Å². The molecule has 1 unspecified atom stereocenters. The van der Waals surface area contributed by atoms with E-state index in [0.29, 0.717) is 11.8 Å². The summed E-state index contributed by atoms with van der Waals surface area (Å²) in [6.45, 7) is 3.94. The molecule has 0 saturated carbocycles. The number of hydrogen-bond acceptors (Lipinski definition) is 6. The number of fused-ring (bicyclic) bond motifs is 1. The van der Waals surface area contributed by atoms with Gasteiger partial charge in [0.1, 0.15) is 12.1 Å². The molecule has 0 fully saturated rings. The van der Waals surface area contributed by atoms with Gasteiger partial charge in [0, 0.05) is 18.3 Å². The highest BCUT2D eigenvalue weighted by Crippen LogP contribution is 2.23. The Kier molecular flexibility index (Phi) is 4.44. The highest BCUT2D eigenvalue weighted by atomic mass is 16.6. The second kappa shape index (κ2) is 7.07. The summed E-state index contributed by atoms with van der Waals surface area (Å²) >= 11 is 0. The van der Waals surface area contributed by atoms with Crippen LogP contribution in [0.2, 0.25) is 0 Å². The molecule has 0 amide bonds. The molecule has 0 aliphatic rings. The van der Waals surface area contributed by atoms with Gasteiger partial charge in [-0.15, -0.1) is 0 Å². The van der Waals surface area contributed by atoms with E-state index in [0.717, 1.165) is 22.2 Å². The number of non-ortho nitro benzene ring substituents is 1. The van der Waals surface area contributed by atoms with E-state index in [1.165, 1.54) is 6.07 Å². The number of aromatic nitrogens is 4. The third-order valence-corrected chi connectivity index (χ3v) is 4.52. The van der Waals surface area contributed by atoms with Crippen LogP contribution < -0.4 is 5.32 Å². The van der Waals surface area contributed by atoms with Crippen molar-refractivity contribution in [1.82, 2.24) is 19.5 Å².